The second-order valence-electron chi connectivity index (χ2n) is 5.96. The first-order valence-corrected chi connectivity index (χ1v) is 7.92. The molecule has 1 aliphatic carbocycles. The van der Waals surface area contributed by atoms with Crippen molar-refractivity contribution in [1.29, 1.82) is 0 Å². The Kier molecular flexibility index (Phi) is 6.46. The third kappa shape index (κ3) is 4.52. The van der Waals surface area contributed by atoms with E-state index in [1.807, 2.05) is 0 Å². The lowest BCUT2D eigenvalue weighted by molar-refractivity contribution is 0.0623. The average molecular weight is 254 g/mol. The van der Waals surface area contributed by atoms with Gasteiger partial charge < -0.3 is 10.5 Å². The highest BCUT2D eigenvalue weighted by Crippen LogP contribution is 2.25. The number of nitrogens with zero attached hydrogens (tertiary/aromatic N) is 1. The van der Waals surface area contributed by atoms with Gasteiger partial charge in [-0.3, -0.25) is 4.90 Å². The van der Waals surface area contributed by atoms with Gasteiger partial charge in [0.1, 0.15) is 0 Å². The second-order valence-corrected chi connectivity index (χ2v) is 5.96. The van der Waals surface area contributed by atoms with Crippen LogP contribution in [0.5, 0.6) is 0 Å². The lowest BCUT2D eigenvalue weighted by Crippen LogP contribution is -2.43. The van der Waals surface area contributed by atoms with Crippen molar-refractivity contribution in [3.8, 4) is 0 Å². The fraction of sp³-hybridized carbons (Fsp3) is 1.00. The van der Waals surface area contributed by atoms with Crippen molar-refractivity contribution in [2.75, 3.05) is 32.8 Å². The molecule has 0 atom stereocenters. The van der Waals surface area contributed by atoms with E-state index in [1.54, 1.807) is 0 Å². The summed E-state index contributed by atoms with van der Waals surface area (Å²) in [5.41, 5.74) is 5.71. The molecule has 1 heterocycles. The molecule has 0 unspecified atom stereocenters. The van der Waals surface area contributed by atoms with Crippen LogP contribution in [0.25, 0.3) is 0 Å². The SMILES string of the molecule is NCCN(CCCCC1CCOCC1)C1CCC1. The molecule has 2 N–H and O–H groups in total. The summed E-state index contributed by atoms with van der Waals surface area (Å²) in [6.07, 6.45) is 11.0. The Morgan fingerprint density at radius 2 is 1.78 bits per heavy atom. The Morgan fingerprint density at radius 3 is 2.39 bits per heavy atom. The van der Waals surface area contributed by atoms with Crippen LogP contribution < -0.4 is 5.73 Å². The van der Waals surface area contributed by atoms with Gasteiger partial charge in [0.25, 0.3) is 0 Å². The Hall–Kier alpha value is -0.120. The van der Waals surface area contributed by atoms with Crippen molar-refractivity contribution in [3.05, 3.63) is 0 Å². The summed E-state index contributed by atoms with van der Waals surface area (Å²) in [6, 6.07) is 0.858. The lowest BCUT2D eigenvalue weighted by atomic mass is 9.90. The smallest absolute Gasteiger partial charge is 0.0468 e. The number of ether oxygens (including phenoxy) is 1. The highest BCUT2D eigenvalue weighted by Gasteiger charge is 2.23. The van der Waals surface area contributed by atoms with Crippen LogP contribution in [0, 0.1) is 5.92 Å². The molecule has 2 rings (SSSR count). The highest BCUT2D eigenvalue weighted by molar-refractivity contribution is 4.80. The van der Waals surface area contributed by atoms with Crippen LogP contribution in [0.15, 0.2) is 0 Å². The Labute approximate surface area is 112 Å². The van der Waals surface area contributed by atoms with Gasteiger partial charge in [0, 0.05) is 32.3 Å². The topological polar surface area (TPSA) is 38.5 Å². The Bertz CT molecular complexity index is 213. The van der Waals surface area contributed by atoms with Crippen LogP contribution in [-0.4, -0.2) is 43.8 Å². The van der Waals surface area contributed by atoms with Gasteiger partial charge in [-0.05, 0) is 44.6 Å². The third-order valence-electron chi connectivity index (χ3n) is 4.66. The maximum Gasteiger partial charge on any atom is 0.0468 e. The first kappa shape index (κ1) is 14.3. The van der Waals surface area contributed by atoms with E-state index in [4.69, 9.17) is 10.5 Å². The van der Waals surface area contributed by atoms with Crippen LogP contribution in [0.2, 0.25) is 0 Å². The van der Waals surface area contributed by atoms with Crippen molar-refractivity contribution < 1.29 is 4.74 Å². The number of unbranched alkanes of at least 4 members (excludes halogenated alkanes) is 1. The predicted octanol–water partition coefficient (Wildman–Crippen LogP) is 2.40. The number of rotatable bonds is 8. The zero-order valence-corrected chi connectivity index (χ0v) is 11.8. The molecule has 0 radical (unpaired) electrons. The third-order valence-corrected chi connectivity index (χ3v) is 4.66. The van der Waals surface area contributed by atoms with Crippen LogP contribution in [-0.2, 0) is 4.74 Å². The highest BCUT2D eigenvalue weighted by atomic mass is 16.5. The second kappa shape index (κ2) is 8.13. The Balaban J connectivity index is 1.54. The van der Waals surface area contributed by atoms with Crippen LogP contribution in [0.1, 0.15) is 51.4 Å². The first-order chi connectivity index (χ1) is 8.90. The van der Waals surface area contributed by atoms with E-state index in [9.17, 15) is 0 Å². The summed E-state index contributed by atoms with van der Waals surface area (Å²) in [6.45, 7) is 5.17. The predicted molar refractivity (Wildman–Crippen MR) is 75.7 cm³/mol. The molecule has 2 fully saturated rings. The minimum Gasteiger partial charge on any atom is -0.381 e. The fourth-order valence-electron chi connectivity index (χ4n) is 3.18. The molecule has 0 aromatic rings. The minimum absolute atomic E-state index is 0.816. The number of nitrogens with two attached hydrogens (primary N) is 1. The van der Waals surface area contributed by atoms with Gasteiger partial charge in [-0.15, -0.1) is 0 Å². The standard InChI is InChI=1S/C15H30N2O/c16-9-11-17(15-5-3-6-15)10-2-1-4-14-7-12-18-13-8-14/h14-15H,1-13,16H2. The molecule has 18 heavy (non-hydrogen) atoms. The molecular formula is C15H30N2O. The summed E-state index contributed by atoms with van der Waals surface area (Å²) >= 11 is 0. The molecule has 3 nitrogen and oxygen atoms in total. The van der Waals surface area contributed by atoms with Crippen LogP contribution in [0.3, 0.4) is 0 Å². The maximum absolute atomic E-state index is 5.71. The molecule has 0 bridgehead atoms. The quantitative estimate of drug-likeness (QED) is 0.676. The molecule has 1 saturated carbocycles. The van der Waals surface area contributed by atoms with E-state index in [0.717, 1.165) is 38.3 Å². The van der Waals surface area contributed by atoms with E-state index >= 15 is 0 Å². The molecular weight excluding hydrogens is 224 g/mol. The number of hydrogen-bond acceptors (Lipinski definition) is 3. The molecule has 0 amide bonds. The summed E-state index contributed by atoms with van der Waals surface area (Å²) in [5.74, 6) is 0.936. The normalized spacial score (nSPS) is 22.3. The molecule has 3 heteroatoms. The van der Waals surface area contributed by atoms with Crippen molar-refractivity contribution in [1.82, 2.24) is 4.90 Å². The van der Waals surface area contributed by atoms with E-state index in [1.165, 1.54) is 57.9 Å². The lowest BCUT2D eigenvalue weighted by Gasteiger charge is -2.37. The van der Waals surface area contributed by atoms with Gasteiger partial charge in [-0.2, -0.15) is 0 Å². The molecule has 1 saturated heterocycles. The van der Waals surface area contributed by atoms with E-state index < -0.39 is 0 Å². The van der Waals surface area contributed by atoms with Gasteiger partial charge in [-0.1, -0.05) is 19.3 Å². The van der Waals surface area contributed by atoms with Gasteiger partial charge in [-0.25, -0.2) is 0 Å². The summed E-state index contributed by atoms with van der Waals surface area (Å²) in [4.78, 5) is 2.63. The van der Waals surface area contributed by atoms with Crippen LogP contribution >= 0.6 is 0 Å². The molecule has 0 aromatic heterocycles. The fourth-order valence-corrected chi connectivity index (χ4v) is 3.18. The summed E-state index contributed by atoms with van der Waals surface area (Å²) in [7, 11) is 0. The van der Waals surface area contributed by atoms with Gasteiger partial charge in [0.05, 0.1) is 0 Å². The van der Waals surface area contributed by atoms with Gasteiger partial charge in [0.2, 0.25) is 0 Å². The summed E-state index contributed by atoms with van der Waals surface area (Å²) < 4.78 is 5.41. The molecule has 0 spiro atoms. The molecule has 2 aliphatic rings. The maximum atomic E-state index is 5.71. The van der Waals surface area contributed by atoms with Gasteiger partial charge >= 0.3 is 0 Å². The monoisotopic (exact) mass is 254 g/mol. The van der Waals surface area contributed by atoms with Gasteiger partial charge in [0.15, 0.2) is 0 Å². The van der Waals surface area contributed by atoms with Crippen molar-refractivity contribution >= 4 is 0 Å². The molecule has 0 aromatic carbocycles. The minimum atomic E-state index is 0.816. The van der Waals surface area contributed by atoms with Crippen LogP contribution in [0.4, 0.5) is 0 Å². The van der Waals surface area contributed by atoms with Crippen molar-refractivity contribution in [2.45, 2.75) is 57.4 Å². The van der Waals surface area contributed by atoms with Crippen molar-refractivity contribution in [3.63, 3.8) is 0 Å². The van der Waals surface area contributed by atoms with E-state index in [0.29, 0.717) is 0 Å². The largest absolute Gasteiger partial charge is 0.381 e. The van der Waals surface area contributed by atoms with Crippen molar-refractivity contribution in [2.24, 2.45) is 11.7 Å². The Morgan fingerprint density at radius 1 is 1.00 bits per heavy atom. The first-order valence-electron chi connectivity index (χ1n) is 7.92. The summed E-state index contributed by atoms with van der Waals surface area (Å²) in [5, 5.41) is 0. The average Bonchev–Trinajstić information content (AvgIpc) is 2.34. The van der Waals surface area contributed by atoms with E-state index in [2.05, 4.69) is 4.90 Å². The zero-order valence-electron chi connectivity index (χ0n) is 11.8. The van der Waals surface area contributed by atoms with E-state index in [-0.39, 0.29) is 0 Å². The molecule has 106 valence electrons. The molecule has 1 aliphatic heterocycles. The zero-order chi connectivity index (χ0) is 12.6. The number of hydrogen-bond donors (Lipinski definition) is 1.